The number of hydrogen-bond acceptors (Lipinski definition) is 5. The molecule has 0 aliphatic carbocycles. The lowest BCUT2D eigenvalue weighted by Gasteiger charge is -2.32. The summed E-state index contributed by atoms with van der Waals surface area (Å²) in [6, 6.07) is 20.9. The fraction of sp³-hybridized carbons (Fsp3) is 0.310. The molecule has 0 spiro atoms. The molecule has 2 amide bonds. The standard InChI is InChI=1S/C29H34BrN3O5S/c1-5-21(2)31-29(35)22(3)32(19-23-11-13-24(30)14-12-23)28(34)20-33(25-9-7-6-8-10-25)39(36,37)27-17-15-26(38-4)16-18-27/h6-18,21-22H,5,19-20H2,1-4H3,(H,31,35)/t21-,22-/m0/s1. The smallest absolute Gasteiger partial charge is 0.264 e. The zero-order valence-corrected chi connectivity index (χ0v) is 24.9. The SMILES string of the molecule is CC[C@H](C)NC(=O)[C@H](C)N(Cc1ccc(Br)cc1)C(=O)CN(c1ccccc1)S(=O)(=O)c1ccc(OC)cc1. The summed E-state index contributed by atoms with van der Waals surface area (Å²) in [5.74, 6) is -0.303. The highest BCUT2D eigenvalue weighted by Gasteiger charge is 2.32. The molecule has 2 atom stereocenters. The van der Waals surface area contributed by atoms with E-state index in [0.29, 0.717) is 11.4 Å². The molecule has 3 aromatic carbocycles. The Bertz CT molecular complexity index is 1350. The summed E-state index contributed by atoms with van der Waals surface area (Å²) in [6.45, 7) is 5.15. The molecular formula is C29H34BrN3O5S. The predicted octanol–water partition coefficient (Wildman–Crippen LogP) is 4.99. The van der Waals surface area contributed by atoms with Crippen LogP contribution in [-0.4, -0.2) is 50.9 Å². The first kappa shape index (κ1) is 30.2. The van der Waals surface area contributed by atoms with E-state index in [4.69, 9.17) is 4.74 Å². The lowest BCUT2D eigenvalue weighted by atomic mass is 10.1. The number of sulfonamides is 1. The van der Waals surface area contributed by atoms with Crippen LogP contribution in [0.15, 0.2) is 88.2 Å². The molecule has 0 radical (unpaired) electrons. The molecule has 0 aromatic heterocycles. The van der Waals surface area contributed by atoms with E-state index in [0.717, 1.165) is 20.8 Å². The minimum absolute atomic E-state index is 0.0157. The highest BCUT2D eigenvalue weighted by Crippen LogP contribution is 2.26. The lowest BCUT2D eigenvalue weighted by molar-refractivity contribution is -0.139. The fourth-order valence-electron chi connectivity index (χ4n) is 3.83. The van der Waals surface area contributed by atoms with Gasteiger partial charge in [-0.3, -0.25) is 13.9 Å². The topological polar surface area (TPSA) is 96.0 Å². The van der Waals surface area contributed by atoms with Crippen LogP contribution in [0.3, 0.4) is 0 Å². The van der Waals surface area contributed by atoms with Gasteiger partial charge < -0.3 is 15.0 Å². The highest BCUT2D eigenvalue weighted by atomic mass is 79.9. The fourth-order valence-corrected chi connectivity index (χ4v) is 5.51. The van der Waals surface area contributed by atoms with E-state index in [1.807, 2.05) is 38.1 Å². The van der Waals surface area contributed by atoms with Gasteiger partial charge in [-0.15, -0.1) is 0 Å². The van der Waals surface area contributed by atoms with Crippen LogP contribution in [0.2, 0.25) is 0 Å². The number of rotatable bonds is 12. The Morgan fingerprint density at radius 2 is 1.56 bits per heavy atom. The van der Waals surface area contributed by atoms with Gasteiger partial charge in [0.05, 0.1) is 17.7 Å². The number of carbonyl (C=O) groups is 2. The molecule has 0 fully saturated rings. The summed E-state index contributed by atoms with van der Waals surface area (Å²) in [6.07, 6.45) is 0.737. The van der Waals surface area contributed by atoms with Crippen LogP contribution in [0.25, 0.3) is 0 Å². The van der Waals surface area contributed by atoms with Gasteiger partial charge in [-0.05, 0) is 74.4 Å². The van der Waals surface area contributed by atoms with Crippen molar-refractivity contribution in [2.45, 2.75) is 50.7 Å². The number of methoxy groups -OCH3 is 1. The van der Waals surface area contributed by atoms with Crippen molar-refractivity contribution in [2.24, 2.45) is 0 Å². The largest absolute Gasteiger partial charge is 0.497 e. The highest BCUT2D eigenvalue weighted by molar-refractivity contribution is 9.10. The van der Waals surface area contributed by atoms with Gasteiger partial charge in [-0.2, -0.15) is 0 Å². The molecule has 0 bridgehead atoms. The Kier molecular flexibility index (Phi) is 10.5. The third-order valence-electron chi connectivity index (χ3n) is 6.40. The van der Waals surface area contributed by atoms with Crippen molar-refractivity contribution in [1.82, 2.24) is 10.2 Å². The Balaban J connectivity index is 1.99. The molecule has 0 aliphatic heterocycles. The third kappa shape index (κ3) is 7.83. The third-order valence-corrected chi connectivity index (χ3v) is 8.72. The lowest BCUT2D eigenvalue weighted by Crippen LogP contribution is -2.52. The van der Waals surface area contributed by atoms with Gasteiger partial charge in [0.15, 0.2) is 0 Å². The van der Waals surface area contributed by atoms with Crippen molar-refractivity contribution in [1.29, 1.82) is 0 Å². The first-order valence-electron chi connectivity index (χ1n) is 12.6. The van der Waals surface area contributed by atoms with Crippen molar-refractivity contribution in [3.63, 3.8) is 0 Å². The molecule has 0 heterocycles. The molecule has 3 aromatic rings. The number of halogens is 1. The number of carbonyl (C=O) groups excluding carboxylic acids is 2. The Morgan fingerprint density at radius 1 is 0.949 bits per heavy atom. The van der Waals surface area contributed by atoms with Crippen molar-refractivity contribution in [3.8, 4) is 5.75 Å². The van der Waals surface area contributed by atoms with Crippen LogP contribution in [0.5, 0.6) is 5.75 Å². The molecule has 0 saturated carbocycles. The second-order valence-electron chi connectivity index (χ2n) is 9.16. The van der Waals surface area contributed by atoms with E-state index >= 15 is 0 Å². The number of benzene rings is 3. The van der Waals surface area contributed by atoms with Crippen LogP contribution in [0.4, 0.5) is 5.69 Å². The number of nitrogens with zero attached hydrogens (tertiary/aromatic N) is 2. The zero-order chi connectivity index (χ0) is 28.6. The molecule has 10 heteroatoms. The van der Waals surface area contributed by atoms with Gasteiger partial charge in [-0.25, -0.2) is 8.42 Å². The molecule has 39 heavy (non-hydrogen) atoms. The number of hydrogen-bond donors (Lipinski definition) is 1. The van der Waals surface area contributed by atoms with Gasteiger partial charge in [0, 0.05) is 17.1 Å². The van der Waals surface area contributed by atoms with Crippen LogP contribution in [0, 0.1) is 0 Å². The first-order chi connectivity index (χ1) is 18.6. The molecule has 208 valence electrons. The van der Waals surface area contributed by atoms with Crippen molar-refractivity contribution in [3.05, 3.63) is 88.9 Å². The minimum Gasteiger partial charge on any atom is -0.497 e. The molecule has 1 N–H and O–H groups in total. The second kappa shape index (κ2) is 13.6. The second-order valence-corrected chi connectivity index (χ2v) is 11.9. The minimum atomic E-state index is -4.13. The van der Waals surface area contributed by atoms with Gasteiger partial charge in [0.2, 0.25) is 11.8 Å². The number of anilines is 1. The maximum absolute atomic E-state index is 13.9. The molecule has 0 unspecified atom stereocenters. The predicted molar refractivity (Wildman–Crippen MR) is 156 cm³/mol. The maximum atomic E-state index is 13.9. The normalized spacial score (nSPS) is 12.7. The van der Waals surface area contributed by atoms with Gasteiger partial charge in [0.25, 0.3) is 10.0 Å². The number of para-hydroxylation sites is 1. The maximum Gasteiger partial charge on any atom is 0.264 e. The van der Waals surface area contributed by atoms with Gasteiger partial charge in [0.1, 0.15) is 18.3 Å². The van der Waals surface area contributed by atoms with Gasteiger partial charge in [-0.1, -0.05) is 53.2 Å². The molecule has 0 aliphatic rings. The van der Waals surface area contributed by atoms with Gasteiger partial charge >= 0.3 is 0 Å². The van der Waals surface area contributed by atoms with Crippen LogP contribution < -0.4 is 14.4 Å². The monoisotopic (exact) mass is 615 g/mol. The summed E-state index contributed by atoms with van der Waals surface area (Å²) >= 11 is 3.41. The molecule has 3 rings (SSSR count). The van der Waals surface area contributed by atoms with Crippen molar-refractivity contribution in [2.75, 3.05) is 18.0 Å². The summed E-state index contributed by atoms with van der Waals surface area (Å²) in [4.78, 5) is 28.4. The number of amides is 2. The molecule has 8 nitrogen and oxygen atoms in total. The molecular weight excluding hydrogens is 582 g/mol. The summed E-state index contributed by atoms with van der Waals surface area (Å²) in [7, 11) is -2.63. The number of nitrogens with one attached hydrogen (secondary N) is 1. The average molecular weight is 617 g/mol. The first-order valence-corrected chi connectivity index (χ1v) is 14.9. The Morgan fingerprint density at radius 3 is 2.13 bits per heavy atom. The van der Waals surface area contributed by atoms with E-state index in [2.05, 4.69) is 21.2 Å². The van der Waals surface area contributed by atoms with E-state index in [9.17, 15) is 18.0 Å². The quantitative estimate of drug-likeness (QED) is 0.310. The van der Waals surface area contributed by atoms with Crippen LogP contribution >= 0.6 is 15.9 Å². The summed E-state index contributed by atoms with van der Waals surface area (Å²) in [5.41, 5.74) is 1.14. The summed E-state index contributed by atoms with van der Waals surface area (Å²) in [5, 5.41) is 2.93. The van der Waals surface area contributed by atoms with E-state index in [1.165, 1.54) is 24.1 Å². The van der Waals surface area contributed by atoms with Crippen molar-refractivity contribution < 1.29 is 22.7 Å². The van der Waals surface area contributed by atoms with Crippen molar-refractivity contribution >= 4 is 43.5 Å². The zero-order valence-electron chi connectivity index (χ0n) is 22.5. The number of ether oxygens (including phenoxy) is 1. The van der Waals surface area contributed by atoms with E-state index < -0.39 is 28.5 Å². The van der Waals surface area contributed by atoms with E-state index in [1.54, 1.807) is 49.4 Å². The molecule has 0 saturated heterocycles. The van der Waals surface area contributed by atoms with Crippen LogP contribution in [0.1, 0.15) is 32.8 Å². The van der Waals surface area contributed by atoms with Crippen LogP contribution in [-0.2, 0) is 26.2 Å². The van der Waals surface area contributed by atoms with E-state index in [-0.39, 0.29) is 23.4 Å². The Hall–Kier alpha value is -3.37. The Labute approximate surface area is 239 Å². The summed E-state index contributed by atoms with van der Waals surface area (Å²) < 4.78 is 34.7. The average Bonchev–Trinajstić information content (AvgIpc) is 2.95.